The number of benzene rings is 1. The minimum atomic E-state index is -1.36. The Kier molecular flexibility index (Phi) is 7.25. The van der Waals surface area contributed by atoms with E-state index in [-0.39, 0.29) is 0 Å². The number of allylic oxidation sites excluding steroid dienone is 1. The molecule has 3 heteroatoms. The van der Waals surface area contributed by atoms with Crippen molar-refractivity contribution in [3.05, 3.63) is 48.0 Å². The summed E-state index contributed by atoms with van der Waals surface area (Å²) in [5, 5.41) is 18.5. The molecule has 0 heterocycles. The van der Waals surface area contributed by atoms with Crippen LogP contribution in [0.1, 0.15) is 44.6 Å². The van der Waals surface area contributed by atoms with E-state index in [1.54, 1.807) is 6.08 Å². The Hall–Kier alpha value is -2.08. The molecule has 3 nitrogen and oxygen atoms in total. The van der Waals surface area contributed by atoms with Crippen molar-refractivity contribution in [2.24, 2.45) is 5.41 Å². The zero-order chi connectivity index (χ0) is 15.6. The standard InChI is InChI=1S/C18H23NO2/c1-2-3-13-18(15-19,17(20)21)14-9-5-8-12-16-10-6-4-7-11-16/h4,6-7,9-11,14H,2-3,5,8,12-13H2,1H3,(H,20,21)/b14-9+/t18-/m0/s1. The lowest BCUT2D eigenvalue weighted by Crippen LogP contribution is -2.27. The highest BCUT2D eigenvalue weighted by Gasteiger charge is 2.35. The van der Waals surface area contributed by atoms with Crippen molar-refractivity contribution in [3.8, 4) is 6.07 Å². The van der Waals surface area contributed by atoms with Crippen molar-refractivity contribution < 1.29 is 9.90 Å². The van der Waals surface area contributed by atoms with E-state index in [4.69, 9.17) is 0 Å². The summed E-state index contributed by atoms with van der Waals surface area (Å²) in [5.74, 6) is -1.04. The summed E-state index contributed by atoms with van der Waals surface area (Å²) in [7, 11) is 0. The fraction of sp³-hybridized carbons (Fsp3) is 0.444. The van der Waals surface area contributed by atoms with Gasteiger partial charge in [0.15, 0.2) is 5.41 Å². The molecule has 1 aromatic rings. The summed E-state index contributed by atoms with van der Waals surface area (Å²) < 4.78 is 0. The molecule has 21 heavy (non-hydrogen) atoms. The van der Waals surface area contributed by atoms with Crippen molar-refractivity contribution in [3.63, 3.8) is 0 Å². The summed E-state index contributed by atoms with van der Waals surface area (Å²) >= 11 is 0. The molecule has 1 aromatic carbocycles. The van der Waals surface area contributed by atoms with Crippen molar-refractivity contribution in [1.29, 1.82) is 5.26 Å². The monoisotopic (exact) mass is 285 g/mol. The number of carboxylic acids is 1. The Morgan fingerprint density at radius 3 is 2.62 bits per heavy atom. The van der Waals surface area contributed by atoms with Crippen LogP contribution in [0.5, 0.6) is 0 Å². The number of nitriles is 1. The first-order valence-corrected chi connectivity index (χ1v) is 7.51. The van der Waals surface area contributed by atoms with Crippen molar-refractivity contribution in [2.45, 2.75) is 45.4 Å². The lowest BCUT2D eigenvalue weighted by molar-refractivity contribution is -0.143. The molecule has 1 N–H and O–H groups in total. The number of rotatable bonds is 9. The van der Waals surface area contributed by atoms with Crippen LogP contribution in [0.25, 0.3) is 0 Å². The number of aliphatic carboxylic acids is 1. The van der Waals surface area contributed by atoms with E-state index in [2.05, 4.69) is 12.1 Å². The van der Waals surface area contributed by atoms with Gasteiger partial charge in [0.2, 0.25) is 0 Å². The van der Waals surface area contributed by atoms with Crippen LogP contribution in [-0.4, -0.2) is 11.1 Å². The van der Waals surface area contributed by atoms with Gasteiger partial charge in [-0.15, -0.1) is 0 Å². The third-order valence-corrected chi connectivity index (χ3v) is 3.59. The van der Waals surface area contributed by atoms with Crippen molar-refractivity contribution in [2.75, 3.05) is 0 Å². The van der Waals surface area contributed by atoms with Gasteiger partial charge in [0.1, 0.15) is 0 Å². The molecule has 0 aliphatic rings. The molecule has 0 saturated carbocycles. The molecular weight excluding hydrogens is 262 g/mol. The molecule has 0 bridgehead atoms. The van der Waals surface area contributed by atoms with Gasteiger partial charge in [0.25, 0.3) is 0 Å². The number of hydrogen-bond donors (Lipinski definition) is 1. The summed E-state index contributed by atoms with van der Waals surface area (Å²) in [5.41, 5.74) is -0.0791. The van der Waals surface area contributed by atoms with Crippen LogP contribution in [0.2, 0.25) is 0 Å². The Balaban J connectivity index is 2.51. The van der Waals surface area contributed by atoms with Crippen LogP contribution in [0.4, 0.5) is 0 Å². The van der Waals surface area contributed by atoms with E-state index in [1.165, 1.54) is 5.56 Å². The summed E-state index contributed by atoms with van der Waals surface area (Å²) in [6.45, 7) is 1.99. The number of hydrogen-bond acceptors (Lipinski definition) is 2. The van der Waals surface area contributed by atoms with E-state index >= 15 is 0 Å². The minimum Gasteiger partial charge on any atom is -0.480 e. The molecule has 0 aliphatic carbocycles. The fourth-order valence-electron chi connectivity index (χ4n) is 2.21. The van der Waals surface area contributed by atoms with E-state index in [0.29, 0.717) is 6.42 Å². The van der Waals surface area contributed by atoms with Crippen LogP contribution in [0, 0.1) is 16.7 Å². The first-order chi connectivity index (χ1) is 10.1. The summed E-state index contributed by atoms with van der Waals surface area (Å²) in [6.07, 6.45) is 8.14. The Morgan fingerprint density at radius 1 is 1.33 bits per heavy atom. The second-order valence-electron chi connectivity index (χ2n) is 5.27. The number of aryl methyl sites for hydroxylation is 1. The lowest BCUT2D eigenvalue weighted by Gasteiger charge is -2.17. The van der Waals surface area contributed by atoms with Gasteiger partial charge in [0.05, 0.1) is 6.07 Å². The van der Waals surface area contributed by atoms with Crippen molar-refractivity contribution >= 4 is 5.97 Å². The van der Waals surface area contributed by atoms with Crippen LogP contribution >= 0.6 is 0 Å². The quantitative estimate of drug-likeness (QED) is 0.542. The van der Waals surface area contributed by atoms with E-state index in [1.807, 2.05) is 37.3 Å². The number of nitrogens with zero attached hydrogens (tertiary/aromatic N) is 1. The predicted octanol–water partition coefficient (Wildman–Crippen LogP) is 4.35. The first kappa shape index (κ1) is 17.0. The maximum absolute atomic E-state index is 11.4. The molecular formula is C18H23NO2. The maximum atomic E-state index is 11.4. The topological polar surface area (TPSA) is 61.1 Å². The van der Waals surface area contributed by atoms with Gasteiger partial charge < -0.3 is 5.11 Å². The molecule has 0 spiro atoms. The van der Waals surface area contributed by atoms with Gasteiger partial charge >= 0.3 is 5.97 Å². The first-order valence-electron chi connectivity index (χ1n) is 7.51. The second kappa shape index (κ2) is 8.97. The average Bonchev–Trinajstić information content (AvgIpc) is 2.51. The highest BCUT2D eigenvalue weighted by atomic mass is 16.4. The molecule has 0 unspecified atom stereocenters. The highest BCUT2D eigenvalue weighted by Crippen LogP contribution is 2.26. The molecule has 0 radical (unpaired) electrons. The van der Waals surface area contributed by atoms with E-state index in [9.17, 15) is 15.2 Å². The zero-order valence-corrected chi connectivity index (χ0v) is 12.6. The van der Waals surface area contributed by atoms with Crippen LogP contribution in [0.15, 0.2) is 42.5 Å². The van der Waals surface area contributed by atoms with Crippen LogP contribution < -0.4 is 0 Å². The van der Waals surface area contributed by atoms with Gasteiger partial charge in [-0.3, -0.25) is 4.79 Å². The lowest BCUT2D eigenvalue weighted by atomic mass is 9.83. The van der Waals surface area contributed by atoms with Gasteiger partial charge in [-0.2, -0.15) is 5.26 Å². The Labute approximate surface area is 126 Å². The summed E-state index contributed by atoms with van der Waals surface area (Å²) in [6, 6.07) is 12.2. The van der Waals surface area contributed by atoms with Crippen LogP contribution in [-0.2, 0) is 11.2 Å². The third-order valence-electron chi connectivity index (χ3n) is 3.59. The number of carboxylic acid groups (broad SMARTS) is 1. The maximum Gasteiger partial charge on any atom is 0.328 e. The molecule has 0 aromatic heterocycles. The van der Waals surface area contributed by atoms with Gasteiger partial charge in [-0.25, -0.2) is 0 Å². The van der Waals surface area contributed by atoms with Crippen LogP contribution in [0.3, 0.4) is 0 Å². The number of unbranched alkanes of at least 4 members (excludes halogenated alkanes) is 2. The fourth-order valence-corrected chi connectivity index (χ4v) is 2.21. The Morgan fingerprint density at radius 2 is 2.05 bits per heavy atom. The molecule has 0 aliphatic heterocycles. The molecule has 1 atom stereocenters. The third kappa shape index (κ3) is 5.43. The second-order valence-corrected chi connectivity index (χ2v) is 5.27. The van der Waals surface area contributed by atoms with Gasteiger partial charge in [-0.1, -0.05) is 62.2 Å². The van der Waals surface area contributed by atoms with Gasteiger partial charge in [-0.05, 0) is 31.2 Å². The normalized spacial score (nSPS) is 13.7. The van der Waals surface area contributed by atoms with E-state index < -0.39 is 11.4 Å². The molecule has 1 rings (SSSR count). The largest absolute Gasteiger partial charge is 0.480 e. The number of carbonyl (C=O) groups is 1. The smallest absolute Gasteiger partial charge is 0.328 e. The zero-order valence-electron chi connectivity index (χ0n) is 12.6. The van der Waals surface area contributed by atoms with Gasteiger partial charge in [0, 0.05) is 0 Å². The SMILES string of the molecule is CCCC[C@@](C#N)(/C=C/CCCc1ccccc1)C(=O)O. The summed E-state index contributed by atoms with van der Waals surface area (Å²) in [4.78, 5) is 11.4. The minimum absolute atomic E-state index is 0.379. The molecule has 0 saturated heterocycles. The predicted molar refractivity (Wildman–Crippen MR) is 83.7 cm³/mol. The molecule has 0 fully saturated rings. The highest BCUT2D eigenvalue weighted by molar-refractivity contribution is 5.80. The average molecular weight is 285 g/mol. The Bertz CT molecular complexity index is 502. The molecule has 0 amide bonds. The molecule has 112 valence electrons. The van der Waals surface area contributed by atoms with Crippen molar-refractivity contribution in [1.82, 2.24) is 0 Å². The van der Waals surface area contributed by atoms with E-state index in [0.717, 1.165) is 32.1 Å².